The second-order valence-corrected chi connectivity index (χ2v) is 5.78. The molecule has 0 atom stereocenters. The van der Waals surface area contributed by atoms with E-state index >= 15 is 0 Å². The molecule has 1 aromatic heterocycles. The van der Waals surface area contributed by atoms with Crippen LogP contribution in [-0.2, 0) is 6.54 Å². The second-order valence-electron chi connectivity index (χ2n) is 5.37. The van der Waals surface area contributed by atoms with E-state index in [1.165, 1.54) is 6.20 Å². The molecule has 3 aromatic rings. The number of nitrogens with one attached hydrogen (secondary N) is 1. The van der Waals surface area contributed by atoms with Gasteiger partial charge in [0.2, 0.25) is 0 Å². The van der Waals surface area contributed by atoms with Crippen molar-refractivity contribution in [3.05, 3.63) is 88.7 Å². The van der Waals surface area contributed by atoms with Crippen molar-refractivity contribution in [2.45, 2.75) is 6.54 Å². The summed E-state index contributed by atoms with van der Waals surface area (Å²) in [6.45, 7) is 0.796. The van der Waals surface area contributed by atoms with Crippen molar-refractivity contribution in [3.63, 3.8) is 0 Å². The van der Waals surface area contributed by atoms with Gasteiger partial charge in [0.15, 0.2) is 0 Å². The molecule has 0 aliphatic rings. The molecule has 0 aliphatic carbocycles. The minimum absolute atomic E-state index is 0.201. The van der Waals surface area contributed by atoms with E-state index in [0.29, 0.717) is 17.1 Å². The quantitative estimate of drug-likeness (QED) is 0.734. The number of amides is 1. The number of hydrogen-bond donors (Lipinski definition) is 1. The third kappa shape index (κ3) is 4.72. The van der Waals surface area contributed by atoms with E-state index in [9.17, 15) is 4.79 Å². The van der Waals surface area contributed by atoms with Crippen molar-refractivity contribution in [1.82, 2.24) is 15.1 Å². The molecule has 0 radical (unpaired) electrons. The monoisotopic (exact) mass is 349 g/mol. The maximum absolute atomic E-state index is 12.1. The molecule has 0 saturated heterocycles. The van der Waals surface area contributed by atoms with Gasteiger partial charge in [-0.05, 0) is 23.8 Å². The van der Waals surface area contributed by atoms with Crippen molar-refractivity contribution in [1.29, 1.82) is 0 Å². The summed E-state index contributed by atoms with van der Waals surface area (Å²) in [6, 6.07) is 17.2. The normalized spacial score (nSPS) is 9.96. The van der Waals surface area contributed by atoms with E-state index in [4.69, 9.17) is 11.6 Å². The molecule has 0 unspecified atom stereocenters. The van der Waals surface area contributed by atoms with Crippen molar-refractivity contribution >= 4 is 17.5 Å². The maximum atomic E-state index is 12.1. The number of hydrogen-bond acceptors (Lipinski definition) is 2. The van der Waals surface area contributed by atoms with E-state index in [-0.39, 0.29) is 12.5 Å². The molecule has 25 heavy (non-hydrogen) atoms. The topological polar surface area (TPSA) is 46.9 Å². The lowest BCUT2D eigenvalue weighted by Gasteiger charge is -2.03. The minimum Gasteiger partial charge on any atom is -0.341 e. The number of aromatic nitrogens is 2. The lowest BCUT2D eigenvalue weighted by atomic mass is 10.2. The van der Waals surface area contributed by atoms with Crippen LogP contribution >= 0.6 is 11.6 Å². The van der Waals surface area contributed by atoms with Crippen molar-refractivity contribution in [2.75, 3.05) is 6.54 Å². The van der Waals surface area contributed by atoms with E-state index in [1.807, 2.05) is 54.6 Å². The summed E-state index contributed by atoms with van der Waals surface area (Å²) in [6.07, 6.45) is 3.24. The zero-order valence-electron chi connectivity index (χ0n) is 13.4. The molecule has 0 spiro atoms. The number of carbonyl (C=O) groups is 1. The predicted octanol–water partition coefficient (Wildman–Crippen LogP) is 3.37. The average Bonchev–Trinajstić information content (AvgIpc) is 3.10. The maximum Gasteiger partial charge on any atom is 0.255 e. The molecule has 5 heteroatoms. The molecule has 0 aliphatic heterocycles. The first kappa shape index (κ1) is 16.8. The van der Waals surface area contributed by atoms with Gasteiger partial charge in [-0.3, -0.25) is 9.48 Å². The Hall–Kier alpha value is -3.03. The molecular weight excluding hydrogens is 334 g/mol. The Labute approximate surface area is 151 Å². The Balaban J connectivity index is 1.56. The van der Waals surface area contributed by atoms with Gasteiger partial charge in [0.1, 0.15) is 0 Å². The van der Waals surface area contributed by atoms with Crippen LogP contribution in [0.2, 0.25) is 5.02 Å². The van der Waals surface area contributed by atoms with Crippen LogP contribution in [0.5, 0.6) is 0 Å². The Bertz CT molecular complexity index is 923. The van der Waals surface area contributed by atoms with Crippen LogP contribution < -0.4 is 5.32 Å². The van der Waals surface area contributed by atoms with Crippen molar-refractivity contribution < 1.29 is 4.79 Å². The van der Waals surface area contributed by atoms with Crippen LogP contribution in [-0.4, -0.2) is 22.2 Å². The van der Waals surface area contributed by atoms with Gasteiger partial charge in [-0.1, -0.05) is 59.8 Å². The SMILES string of the molecule is O=C(NCC#Cc1ccccc1)c1cnn(Cc2ccccc2Cl)c1. The lowest BCUT2D eigenvalue weighted by molar-refractivity contribution is 0.0958. The van der Waals surface area contributed by atoms with Gasteiger partial charge in [0.05, 0.1) is 24.8 Å². The van der Waals surface area contributed by atoms with E-state index < -0.39 is 0 Å². The zero-order chi connectivity index (χ0) is 17.5. The van der Waals surface area contributed by atoms with Crippen LogP contribution in [0.1, 0.15) is 21.5 Å². The summed E-state index contributed by atoms with van der Waals surface area (Å²) < 4.78 is 1.69. The Kier molecular flexibility index (Phi) is 5.50. The van der Waals surface area contributed by atoms with Gasteiger partial charge in [-0.15, -0.1) is 0 Å². The van der Waals surface area contributed by atoms with Crippen LogP contribution in [0.4, 0.5) is 0 Å². The predicted molar refractivity (Wildman–Crippen MR) is 98.4 cm³/mol. The van der Waals surface area contributed by atoms with Gasteiger partial charge in [0.25, 0.3) is 5.91 Å². The van der Waals surface area contributed by atoms with Gasteiger partial charge < -0.3 is 5.32 Å². The van der Waals surface area contributed by atoms with Gasteiger partial charge in [0, 0.05) is 16.8 Å². The third-order valence-electron chi connectivity index (χ3n) is 3.53. The molecule has 4 nitrogen and oxygen atoms in total. The first-order valence-electron chi connectivity index (χ1n) is 7.80. The third-order valence-corrected chi connectivity index (χ3v) is 3.90. The minimum atomic E-state index is -0.201. The van der Waals surface area contributed by atoms with E-state index in [0.717, 1.165) is 11.1 Å². The number of nitrogens with zero attached hydrogens (tertiary/aromatic N) is 2. The molecule has 1 N–H and O–H groups in total. The van der Waals surface area contributed by atoms with Crippen molar-refractivity contribution in [3.8, 4) is 11.8 Å². The van der Waals surface area contributed by atoms with Crippen LogP contribution in [0.15, 0.2) is 67.0 Å². The number of benzene rings is 2. The van der Waals surface area contributed by atoms with Crippen molar-refractivity contribution in [2.24, 2.45) is 0 Å². The molecule has 0 bridgehead atoms. The number of carbonyl (C=O) groups excluding carboxylic acids is 1. The fraction of sp³-hybridized carbons (Fsp3) is 0.100. The second kappa shape index (κ2) is 8.18. The molecule has 2 aromatic carbocycles. The first-order valence-corrected chi connectivity index (χ1v) is 8.18. The Morgan fingerprint density at radius 3 is 2.68 bits per heavy atom. The summed E-state index contributed by atoms with van der Waals surface area (Å²) in [4.78, 5) is 12.1. The molecule has 1 amide bonds. The highest BCUT2D eigenvalue weighted by Gasteiger charge is 2.08. The smallest absolute Gasteiger partial charge is 0.255 e. The van der Waals surface area contributed by atoms with Crippen LogP contribution in [0.25, 0.3) is 0 Å². The molecule has 124 valence electrons. The van der Waals surface area contributed by atoms with Gasteiger partial charge in [-0.2, -0.15) is 5.10 Å². The summed E-state index contributed by atoms with van der Waals surface area (Å²) in [5.41, 5.74) is 2.37. The molecule has 0 fully saturated rings. The summed E-state index contributed by atoms with van der Waals surface area (Å²) >= 11 is 6.14. The summed E-state index contributed by atoms with van der Waals surface area (Å²) in [5.74, 6) is 5.72. The molecule has 3 rings (SSSR count). The van der Waals surface area contributed by atoms with Crippen LogP contribution in [0.3, 0.4) is 0 Å². The highest BCUT2D eigenvalue weighted by Crippen LogP contribution is 2.16. The number of rotatable bonds is 4. The average molecular weight is 350 g/mol. The van der Waals surface area contributed by atoms with Gasteiger partial charge in [-0.25, -0.2) is 0 Å². The van der Waals surface area contributed by atoms with E-state index in [1.54, 1.807) is 10.9 Å². The molecule has 0 saturated carbocycles. The van der Waals surface area contributed by atoms with E-state index in [2.05, 4.69) is 22.3 Å². The fourth-order valence-corrected chi connectivity index (χ4v) is 2.46. The summed E-state index contributed by atoms with van der Waals surface area (Å²) in [7, 11) is 0. The Morgan fingerprint density at radius 2 is 1.88 bits per heavy atom. The zero-order valence-corrected chi connectivity index (χ0v) is 14.2. The van der Waals surface area contributed by atoms with Crippen LogP contribution in [0, 0.1) is 11.8 Å². The molecular formula is C20H16ClN3O. The van der Waals surface area contributed by atoms with Gasteiger partial charge >= 0.3 is 0 Å². The highest BCUT2D eigenvalue weighted by atomic mass is 35.5. The fourth-order valence-electron chi connectivity index (χ4n) is 2.26. The lowest BCUT2D eigenvalue weighted by Crippen LogP contribution is -2.23. The summed E-state index contributed by atoms with van der Waals surface area (Å²) in [5, 5.41) is 7.66. The Morgan fingerprint density at radius 1 is 1.12 bits per heavy atom. The number of halogens is 1. The largest absolute Gasteiger partial charge is 0.341 e. The molecule has 1 heterocycles. The highest BCUT2D eigenvalue weighted by molar-refractivity contribution is 6.31. The first-order chi connectivity index (χ1) is 12.2. The standard InChI is InChI=1S/C20H16ClN3O/c21-19-11-5-4-10-17(19)14-24-15-18(13-23-24)20(25)22-12-6-9-16-7-2-1-3-8-16/h1-5,7-8,10-11,13,15H,12,14H2,(H,22,25).